The Balaban J connectivity index is 1.85. The molecule has 124 valence electrons. The van der Waals surface area contributed by atoms with Crippen LogP contribution in [0.3, 0.4) is 0 Å². The molecule has 1 heterocycles. The number of rotatable bonds is 4. The molecule has 1 N–H and O–H groups in total. The minimum atomic E-state index is -3.50. The smallest absolute Gasteiger partial charge is 0.243 e. The number of β-amino-alcohol motifs (C(OH)–C–C–N with tert-alkyl or cyclic N) is 1. The molecular weight excluding hydrogens is 312 g/mol. The predicted octanol–water partition coefficient (Wildman–Crippen LogP) is 1.53. The number of aliphatic hydroxyl groups excluding tert-OH is 1. The van der Waals surface area contributed by atoms with Crippen molar-refractivity contribution in [1.29, 1.82) is 0 Å². The predicted molar refractivity (Wildman–Crippen MR) is 90.8 cm³/mol. The van der Waals surface area contributed by atoms with Gasteiger partial charge in [0.2, 0.25) is 10.0 Å². The van der Waals surface area contributed by atoms with Crippen molar-refractivity contribution in [2.24, 2.45) is 0 Å². The Labute approximate surface area is 137 Å². The first-order valence-electron chi connectivity index (χ1n) is 7.87. The van der Waals surface area contributed by atoms with Crippen molar-refractivity contribution in [2.45, 2.75) is 17.9 Å². The maximum atomic E-state index is 13.0. The van der Waals surface area contributed by atoms with Crippen LogP contribution >= 0.6 is 0 Å². The van der Waals surface area contributed by atoms with Crippen LogP contribution in [0.15, 0.2) is 47.4 Å². The van der Waals surface area contributed by atoms with Gasteiger partial charge in [-0.1, -0.05) is 36.4 Å². The zero-order valence-corrected chi connectivity index (χ0v) is 14.0. The molecule has 1 unspecified atom stereocenters. The van der Waals surface area contributed by atoms with Gasteiger partial charge in [-0.3, -0.25) is 4.90 Å². The molecule has 0 aromatic heterocycles. The molecule has 3 rings (SSSR count). The number of sulfonamides is 1. The summed E-state index contributed by atoms with van der Waals surface area (Å²) in [5.41, 5.74) is 0. The largest absolute Gasteiger partial charge is 0.392 e. The minimum Gasteiger partial charge on any atom is -0.392 e. The maximum absolute atomic E-state index is 13.0. The van der Waals surface area contributed by atoms with E-state index in [-0.39, 0.29) is 0 Å². The van der Waals surface area contributed by atoms with Crippen molar-refractivity contribution in [3.05, 3.63) is 42.5 Å². The van der Waals surface area contributed by atoms with Gasteiger partial charge >= 0.3 is 0 Å². The number of benzene rings is 2. The van der Waals surface area contributed by atoms with Gasteiger partial charge in [-0.15, -0.1) is 0 Å². The fourth-order valence-corrected chi connectivity index (χ4v) is 4.72. The van der Waals surface area contributed by atoms with Gasteiger partial charge in [0.05, 0.1) is 11.0 Å². The molecule has 0 bridgehead atoms. The van der Waals surface area contributed by atoms with Crippen LogP contribution in [-0.4, -0.2) is 61.6 Å². The molecule has 23 heavy (non-hydrogen) atoms. The fourth-order valence-electron chi connectivity index (χ4n) is 3.09. The van der Waals surface area contributed by atoms with E-state index in [9.17, 15) is 13.5 Å². The lowest BCUT2D eigenvalue weighted by atomic mass is 10.1. The highest BCUT2D eigenvalue weighted by atomic mass is 32.2. The average molecular weight is 334 g/mol. The van der Waals surface area contributed by atoms with E-state index in [4.69, 9.17) is 0 Å². The van der Waals surface area contributed by atoms with Crippen LogP contribution < -0.4 is 0 Å². The van der Waals surface area contributed by atoms with Gasteiger partial charge in [-0.05, 0) is 18.4 Å². The third-order valence-electron chi connectivity index (χ3n) is 4.22. The Morgan fingerprint density at radius 2 is 1.70 bits per heavy atom. The van der Waals surface area contributed by atoms with E-state index in [1.54, 1.807) is 23.4 Å². The summed E-state index contributed by atoms with van der Waals surface area (Å²) in [6.45, 7) is 4.54. The zero-order chi connectivity index (χ0) is 16.4. The maximum Gasteiger partial charge on any atom is 0.243 e. The molecule has 0 saturated carbocycles. The summed E-state index contributed by atoms with van der Waals surface area (Å²) in [5, 5.41) is 11.2. The van der Waals surface area contributed by atoms with E-state index >= 15 is 0 Å². The van der Waals surface area contributed by atoms with E-state index in [2.05, 4.69) is 4.90 Å². The lowest BCUT2D eigenvalue weighted by molar-refractivity contribution is 0.103. The molecule has 1 aliphatic heterocycles. The van der Waals surface area contributed by atoms with Crippen molar-refractivity contribution in [3.8, 4) is 0 Å². The SMILES string of the molecule is CC(O)CN1CCN(S(=O)(=O)c2cccc3ccccc23)CC1. The molecule has 1 fully saturated rings. The summed E-state index contributed by atoms with van der Waals surface area (Å²) < 4.78 is 27.5. The highest BCUT2D eigenvalue weighted by Gasteiger charge is 2.29. The summed E-state index contributed by atoms with van der Waals surface area (Å²) in [4.78, 5) is 2.47. The first kappa shape index (κ1) is 16.4. The molecule has 0 amide bonds. The summed E-state index contributed by atoms with van der Waals surface area (Å²) in [6, 6.07) is 12.9. The average Bonchev–Trinajstić information content (AvgIpc) is 2.54. The molecule has 1 atom stereocenters. The first-order valence-corrected chi connectivity index (χ1v) is 9.31. The number of nitrogens with zero attached hydrogens (tertiary/aromatic N) is 2. The lowest BCUT2D eigenvalue weighted by Gasteiger charge is -2.34. The van der Waals surface area contributed by atoms with Crippen molar-refractivity contribution < 1.29 is 13.5 Å². The van der Waals surface area contributed by atoms with Crippen LogP contribution in [0.25, 0.3) is 10.8 Å². The Kier molecular flexibility index (Phi) is 4.68. The van der Waals surface area contributed by atoms with Crippen molar-refractivity contribution in [3.63, 3.8) is 0 Å². The summed E-state index contributed by atoms with van der Waals surface area (Å²) in [7, 11) is -3.50. The molecule has 1 aliphatic rings. The second-order valence-electron chi connectivity index (χ2n) is 6.03. The fraction of sp³-hybridized carbons (Fsp3) is 0.412. The van der Waals surface area contributed by atoms with Gasteiger partial charge < -0.3 is 5.11 Å². The van der Waals surface area contributed by atoms with Crippen molar-refractivity contribution in [2.75, 3.05) is 32.7 Å². The van der Waals surface area contributed by atoms with Crippen LogP contribution in [-0.2, 0) is 10.0 Å². The van der Waals surface area contributed by atoms with E-state index in [0.717, 1.165) is 10.8 Å². The van der Waals surface area contributed by atoms with Gasteiger partial charge in [-0.2, -0.15) is 4.31 Å². The molecule has 0 radical (unpaired) electrons. The van der Waals surface area contributed by atoms with Crippen molar-refractivity contribution in [1.82, 2.24) is 9.21 Å². The third kappa shape index (κ3) is 3.40. The molecule has 2 aromatic rings. The van der Waals surface area contributed by atoms with E-state index in [0.29, 0.717) is 37.6 Å². The summed E-state index contributed by atoms with van der Waals surface area (Å²) in [6.07, 6.45) is -0.392. The van der Waals surface area contributed by atoms with Gasteiger partial charge in [0.25, 0.3) is 0 Å². The van der Waals surface area contributed by atoms with E-state index < -0.39 is 16.1 Å². The molecule has 5 nitrogen and oxygen atoms in total. The van der Waals surface area contributed by atoms with Crippen LogP contribution in [0.2, 0.25) is 0 Å². The molecular formula is C17H22N2O3S. The molecule has 1 saturated heterocycles. The Hall–Kier alpha value is -1.47. The molecule has 0 aliphatic carbocycles. The number of aliphatic hydroxyl groups is 1. The Morgan fingerprint density at radius 1 is 1.04 bits per heavy atom. The van der Waals surface area contributed by atoms with Crippen LogP contribution in [0, 0.1) is 0 Å². The van der Waals surface area contributed by atoms with Gasteiger partial charge in [0.1, 0.15) is 0 Å². The number of fused-ring (bicyclic) bond motifs is 1. The zero-order valence-electron chi connectivity index (χ0n) is 13.2. The Bertz CT molecular complexity index is 776. The van der Waals surface area contributed by atoms with Gasteiger partial charge in [0, 0.05) is 38.1 Å². The lowest BCUT2D eigenvalue weighted by Crippen LogP contribution is -2.50. The molecule has 2 aromatic carbocycles. The molecule has 0 spiro atoms. The van der Waals surface area contributed by atoms with Crippen LogP contribution in [0.5, 0.6) is 0 Å². The Morgan fingerprint density at radius 3 is 2.39 bits per heavy atom. The molecule has 6 heteroatoms. The topological polar surface area (TPSA) is 60.9 Å². The summed E-state index contributed by atoms with van der Waals surface area (Å²) in [5.74, 6) is 0. The van der Waals surface area contributed by atoms with Crippen molar-refractivity contribution >= 4 is 20.8 Å². The monoisotopic (exact) mass is 334 g/mol. The van der Waals surface area contributed by atoms with E-state index in [1.807, 2.05) is 30.3 Å². The highest BCUT2D eigenvalue weighted by Crippen LogP contribution is 2.26. The summed E-state index contributed by atoms with van der Waals surface area (Å²) >= 11 is 0. The standard InChI is InChI=1S/C17H22N2O3S/c1-14(20)13-18-9-11-19(12-10-18)23(21,22)17-8-4-6-15-5-2-3-7-16(15)17/h2-8,14,20H,9-13H2,1H3. The first-order chi connectivity index (χ1) is 11.0. The minimum absolute atomic E-state index is 0.375. The second kappa shape index (κ2) is 6.57. The number of hydrogen-bond donors (Lipinski definition) is 1. The second-order valence-corrected chi connectivity index (χ2v) is 7.94. The van der Waals surface area contributed by atoms with E-state index in [1.165, 1.54) is 0 Å². The third-order valence-corrected chi connectivity index (χ3v) is 6.18. The van der Waals surface area contributed by atoms with Gasteiger partial charge in [-0.25, -0.2) is 8.42 Å². The van der Waals surface area contributed by atoms with Crippen LogP contribution in [0.4, 0.5) is 0 Å². The number of hydrogen-bond acceptors (Lipinski definition) is 4. The van der Waals surface area contributed by atoms with Crippen LogP contribution in [0.1, 0.15) is 6.92 Å². The highest BCUT2D eigenvalue weighted by molar-refractivity contribution is 7.89. The normalized spacial score (nSPS) is 19.0. The number of piperazine rings is 1. The van der Waals surface area contributed by atoms with Gasteiger partial charge in [0.15, 0.2) is 0 Å². The quantitative estimate of drug-likeness (QED) is 0.921.